The molecule has 0 aromatic heterocycles. The standard InChI is InChI=1S/C6H8NO3P.C6H13NO2/c7-11(8,9)10-6-4-2-1-3-5-6;1-4(2)9-6(8)5(3)7/h1-5H,(H3,7,8,9);4-5H,7H2,1-3H3. The molecule has 0 saturated carbocycles. The van der Waals surface area contributed by atoms with Crippen LogP contribution in [0.1, 0.15) is 20.8 Å². The van der Waals surface area contributed by atoms with Crippen LogP contribution in [-0.2, 0) is 14.1 Å². The molecule has 0 spiro atoms. The van der Waals surface area contributed by atoms with Gasteiger partial charge in [-0.05, 0) is 32.9 Å². The Balaban J connectivity index is 0.000000370. The van der Waals surface area contributed by atoms with E-state index >= 15 is 0 Å². The van der Waals surface area contributed by atoms with Gasteiger partial charge in [-0.15, -0.1) is 0 Å². The molecule has 0 fully saturated rings. The van der Waals surface area contributed by atoms with E-state index in [-0.39, 0.29) is 12.1 Å². The van der Waals surface area contributed by atoms with Crippen LogP contribution in [0.2, 0.25) is 0 Å². The Morgan fingerprint density at radius 2 is 1.75 bits per heavy atom. The first-order chi connectivity index (χ1) is 9.11. The molecule has 0 amide bonds. The van der Waals surface area contributed by atoms with Gasteiger partial charge in [-0.1, -0.05) is 18.2 Å². The minimum absolute atomic E-state index is 0.0662. The van der Waals surface area contributed by atoms with Crippen molar-refractivity contribution < 1.29 is 23.5 Å². The van der Waals surface area contributed by atoms with Gasteiger partial charge >= 0.3 is 13.7 Å². The van der Waals surface area contributed by atoms with Gasteiger partial charge in [0.15, 0.2) is 0 Å². The van der Waals surface area contributed by atoms with E-state index in [4.69, 9.17) is 20.9 Å². The summed E-state index contributed by atoms with van der Waals surface area (Å²) in [5.41, 5.74) is 9.97. The second-order valence-corrected chi connectivity index (χ2v) is 5.55. The highest BCUT2D eigenvalue weighted by atomic mass is 31.2. The summed E-state index contributed by atoms with van der Waals surface area (Å²) >= 11 is 0. The van der Waals surface area contributed by atoms with E-state index in [0.717, 1.165) is 0 Å². The van der Waals surface area contributed by atoms with Crippen molar-refractivity contribution >= 4 is 13.7 Å². The van der Waals surface area contributed by atoms with Gasteiger partial charge in [0, 0.05) is 0 Å². The van der Waals surface area contributed by atoms with Crippen molar-refractivity contribution in [1.29, 1.82) is 0 Å². The molecule has 2 unspecified atom stereocenters. The van der Waals surface area contributed by atoms with E-state index in [1.54, 1.807) is 51.1 Å². The summed E-state index contributed by atoms with van der Waals surface area (Å²) in [6, 6.07) is 7.74. The van der Waals surface area contributed by atoms with Gasteiger partial charge in [0.25, 0.3) is 0 Å². The smallest absolute Gasteiger partial charge is 0.453 e. The van der Waals surface area contributed by atoms with Gasteiger partial charge < -0.3 is 19.9 Å². The molecule has 0 radical (unpaired) electrons. The number of rotatable bonds is 4. The maximum absolute atomic E-state index is 10.6. The first kappa shape index (κ1) is 18.6. The lowest BCUT2D eigenvalue weighted by Gasteiger charge is -2.08. The molecular weight excluding hydrogens is 283 g/mol. The molecule has 2 atom stereocenters. The summed E-state index contributed by atoms with van der Waals surface area (Å²) in [7, 11) is -3.89. The second-order valence-electron chi connectivity index (χ2n) is 4.24. The molecule has 0 saturated heterocycles. The molecule has 1 rings (SSSR count). The van der Waals surface area contributed by atoms with Crippen LogP contribution in [0.15, 0.2) is 30.3 Å². The number of hydrogen-bond donors (Lipinski definition) is 3. The average Bonchev–Trinajstić information content (AvgIpc) is 2.27. The highest BCUT2D eigenvalue weighted by Crippen LogP contribution is 2.33. The van der Waals surface area contributed by atoms with Crippen LogP contribution in [0.25, 0.3) is 0 Å². The maximum atomic E-state index is 10.6. The highest BCUT2D eigenvalue weighted by molar-refractivity contribution is 7.50. The Bertz CT molecular complexity index is 444. The lowest BCUT2D eigenvalue weighted by Crippen LogP contribution is -2.30. The van der Waals surface area contributed by atoms with Gasteiger partial charge in [-0.2, -0.15) is 0 Å². The summed E-state index contributed by atoms with van der Waals surface area (Å²) in [6.45, 7) is 5.19. The fourth-order valence-electron chi connectivity index (χ4n) is 0.972. The van der Waals surface area contributed by atoms with Gasteiger partial charge in [-0.25, -0.2) is 10.1 Å². The minimum Gasteiger partial charge on any atom is -0.462 e. The van der Waals surface area contributed by atoms with Gasteiger partial charge in [0.1, 0.15) is 11.8 Å². The predicted molar refractivity (Wildman–Crippen MR) is 76.0 cm³/mol. The van der Waals surface area contributed by atoms with Crippen LogP contribution < -0.4 is 15.8 Å². The molecule has 7 nitrogen and oxygen atoms in total. The molecule has 0 aliphatic heterocycles. The normalized spacial score (nSPS) is 14.6. The van der Waals surface area contributed by atoms with Gasteiger partial charge in [-0.3, -0.25) is 4.79 Å². The molecule has 0 bridgehead atoms. The van der Waals surface area contributed by atoms with E-state index in [0.29, 0.717) is 5.75 Å². The van der Waals surface area contributed by atoms with Crippen molar-refractivity contribution in [2.24, 2.45) is 11.2 Å². The van der Waals surface area contributed by atoms with Crippen molar-refractivity contribution in [3.05, 3.63) is 30.3 Å². The van der Waals surface area contributed by atoms with E-state index in [1.165, 1.54) is 0 Å². The summed E-state index contributed by atoms with van der Waals surface area (Å²) < 4.78 is 19.7. The molecule has 1 aromatic rings. The van der Waals surface area contributed by atoms with Crippen LogP contribution >= 0.6 is 7.75 Å². The zero-order valence-corrected chi connectivity index (χ0v) is 12.6. The lowest BCUT2D eigenvalue weighted by atomic mass is 10.3. The fraction of sp³-hybridized carbons (Fsp3) is 0.417. The summed E-state index contributed by atoms with van der Waals surface area (Å²) in [5.74, 6) is -0.0502. The van der Waals surface area contributed by atoms with Crippen LogP contribution in [-0.4, -0.2) is 23.0 Å². The largest absolute Gasteiger partial charge is 0.462 e. The number of esters is 1. The summed E-state index contributed by atoms with van der Waals surface area (Å²) in [6.07, 6.45) is -0.0662. The number of nitrogens with two attached hydrogens (primary N) is 2. The Hall–Kier alpha value is -1.40. The molecule has 0 aliphatic carbocycles. The van der Waals surface area contributed by atoms with E-state index in [9.17, 15) is 9.36 Å². The number of ether oxygens (including phenoxy) is 1. The Kier molecular flexibility index (Phi) is 8.10. The van der Waals surface area contributed by atoms with Gasteiger partial charge in [0.2, 0.25) is 0 Å². The van der Waals surface area contributed by atoms with Crippen molar-refractivity contribution in [3.63, 3.8) is 0 Å². The maximum Gasteiger partial charge on any atom is 0.453 e. The number of benzene rings is 1. The number of carbonyl (C=O) groups excluding carboxylic acids is 1. The molecule has 8 heteroatoms. The van der Waals surface area contributed by atoms with Crippen molar-refractivity contribution in [2.75, 3.05) is 0 Å². The molecule has 20 heavy (non-hydrogen) atoms. The summed E-state index contributed by atoms with van der Waals surface area (Å²) in [5, 5.41) is 0. The molecule has 0 aliphatic rings. The lowest BCUT2D eigenvalue weighted by molar-refractivity contribution is -0.148. The van der Waals surface area contributed by atoms with Crippen LogP contribution in [0.3, 0.4) is 0 Å². The second kappa shape index (κ2) is 8.71. The van der Waals surface area contributed by atoms with Crippen LogP contribution in [0.5, 0.6) is 5.75 Å². The molecule has 0 heterocycles. The third kappa shape index (κ3) is 10.5. The van der Waals surface area contributed by atoms with Crippen molar-refractivity contribution in [1.82, 2.24) is 0 Å². The average molecular weight is 304 g/mol. The highest BCUT2D eigenvalue weighted by Gasteiger charge is 2.11. The Morgan fingerprint density at radius 1 is 1.25 bits per heavy atom. The van der Waals surface area contributed by atoms with E-state index in [1.807, 2.05) is 0 Å². The van der Waals surface area contributed by atoms with E-state index < -0.39 is 13.8 Å². The first-order valence-corrected chi connectivity index (χ1v) is 7.58. The Morgan fingerprint density at radius 3 is 2.05 bits per heavy atom. The first-order valence-electron chi connectivity index (χ1n) is 5.94. The molecule has 5 N–H and O–H groups in total. The summed E-state index contributed by atoms with van der Waals surface area (Å²) in [4.78, 5) is 19.2. The quantitative estimate of drug-likeness (QED) is 0.567. The predicted octanol–water partition coefficient (Wildman–Crippen LogP) is 1.41. The van der Waals surface area contributed by atoms with Crippen molar-refractivity contribution in [2.45, 2.75) is 32.9 Å². The Labute approximate surface area is 118 Å². The SMILES string of the molecule is CC(C)OC(=O)C(C)N.NP(=O)(O)Oc1ccccc1. The monoisotopic (exact) mass is 304 g/mol. The van der Waals surface area contributed by atoms with Crippen LogP contribution in [0, 0.1) is 0 Å². The number of carbonyl (C=O) groups is 1. The molecule has 114 valence electrons. The van der Waals surface area contributed by atoms with Crippen LogP contribution in [0.4, 0.5) is 0 Å². The minimum atomic E-state index is -3.89. The fourth-order valence-corrected chi connectivity index (χ4v) is 1.40. The third-order valence-electron chi connectivity index (χ3n) is 1.70. The zero-order chi connectivity index (χ0) is 15.8. The molecule has 1 aromatic carbocycles. The topological polar surface area (TPSA) is 125 Å². The van der Waals surface area contributed by atoms with Crippen molar-refractivity contribution in [3.8, 4) is 5.75 Å². The number of para-hydroxylation sites is 1. The van der Waals surface area contributed by atoms with E-state index in [2.05, 4.69) is 4.52 Å². The van der Waals surface area contributed by atoms with Gasteiger partial charge in [0.05, 0.1) is 6.10 Å². The molecular formula is C12H21N2O5P. The number of hydrogen-bond acceptors (Lipinski definition) is 5. The zero-order valence-electron chi connectivity index (χ0n) is 11.7. The third-order valence-corrected chi connectivity index (χ3v) is 2.18.